The first-order chi connectivity index (χ1) is 12.2. The maximum Gasteiger partial charge on any atom is 0.277 e. The molecular formula is C17H21N3O4S. The summed E-state index contributed by atoms with van der Waals surface area (Å²) < 4.78 is 16.6. The molecule has 1 N–H and O–H groups in total. The zero-order chi connectivity index (χ0) is 17.6. The molecular weight excluding hydrogens is 342 g/mol. The number of rotatable bonds is 9. The van der Waals surface area contributed by atoms with E-state index in [4.69, 9.17) is 13.9 Å². The number of thioether (sulfide) groups is 1. The molecule has 0 aliphatic heterocycles. The minimum atomic E-state index is -0.150. The Labute approximate surface area is 150 Å². The molecule has 0 saturated heterocycles. The van der Waals surface area contributed by atoms with E-state index in [0.717, 1.165) is 12.8 Å². The van der Waals surface area contributed by atoms with Crippen molar-refractivity contribution in [2.75, 3.05) is 24.3 Å². The van der Waals surface area contributed by atoms with Gasteiger partial charge in [-0.25, -0.2) is 0 Å². The Balaban J connectivity index is 1.54. The van der Waals surface area contributed by atoms with Crippen molar-refractivity contribution in [2.45, 2.75) is 37.8 Å². The van der Waals surface area contributed by atoms with Crippen LogP contribution in [0.3, 0.4) is 0 Å². The molecule has 1 heterocycles. The van der Waals surface area contributed by atoms with E-state index in [1.54, 1.807) is 18.2 Å². The molecule has 3 rings (SSSR count). The van der Waals surface area contributed by atoms with Crippen LogP contribution in [0.15, 0.2) is 27.8 Å². The van der Waals surface area contributed by atoms with Gasteiger partial charge in [-0.2, -0.15) is 0 Å². The van der Waals surface area contributed by atoms with Crippen LogP contribution >= 0.6 is 11.8 Å². The minimum absolute atomic E-state index is 0.150. The first-order valence-corrected chi connectivity index (χ1v) is 9.33. The van der Waals surface area contributed by atoms with Gasteiger partial charge >= 0.3 is 0 Å². The van der Waals surface area contributed by atoms with Crippen molar-refractivity contribution in [3.05, 3.63) is 24.1 Å². The van der Waals surface area contributed by atoms with Gasteiger partial charge in [0.2, 0.25) is 11.8 Å². The van der Waals surface area contributed by atoms with Crippen molar-refractivity contribution in [3.63, 3.8) is 0 Å². The predicted molar refractivity (Wildman–Crippen MR) is 94.4 cm³/mol. The third kappa shape index (κ3) is 4.88. The molecule has 8 heteroatoms. The van der Waals surface area contributed by atoms with Gasteiger partial charge in [-0.1, -0.05) is 11.8 Å². The summed E-state index contributed by atoms with van der Waals surface area (Å²) in [7, 11) is 0. The number of amides is 1. The number of carbonyl (C=O) groups is 1. The average Bonchev–Trinajstić information content (AvgIpc) is 3.34. The van der Waals surface area contributed by atoms with Gasteiger partial charge in [0, 0.05) is 17.7 Å². The number of ether oxygens (including phenoxy) is 2. The van der Waals surface area contributed by atoms with E-state index in [1.165, 1.54) is 11.8 Å². The van der Waals surface area contributed by atoms with E-state index in [9.17, 15) is 4.79 Å². The number of hydrogen-bond donors (Lipinski definition) is 1. The Bertz CT molecular complexity index is 730. The van der Waals surface area contributed by atoms with Crippen molar-refractivity contribution in [2.24, 2.45) is 0 Å². The van der Waals surface area contributed by atoms with Crippen molar-refractivity contribution < 1.29 is 18.7 Å². The van der Waals surface area contributed by atoms with Gasteiger partial charge in [-0.3, -0.25) is 4.79 Å². The molecule has 0 atom stereocenters. The first-order valence-electron chi connectivity index (χ1n) is 8.35. The fraction of sp³-hybridized carbons (Fsp3) is 0.471. The number of aromatic nitrogens is 2. The van der Waals surface area contributed by atoms with E-state index in [-0.39, 0.29) is 11.7 Å². The Hall–Kier alpha value is -2.22. The summed E-state index contributed by atoms with van der Waals surface area (Å²) in [5.74, 6) is 2.41. The van der Waals surface area contributed by atoms with Crippen molar-refractivity contribution in [3.8, 4) is 11.5 Å². The summed E-state index contributed by atoms with van der Waals surface area (Å²) in [5.41, 5.74) is 0.654. The van der Waals surface area contributed by atoms with Crippen LogP contribution in [-0.2, 0) is 4.79 Å². The largest absolute Gasteiger partial charge is 0.490 e. The third-order valence-electron chi connectivity index (χ3n) is 3.50. The van der Waals surface area contributed by atoms with Crippen LogP contribution in [0.1, 0.15) is 38.5 Å². The summed E-state index contributed by atoms with van der Waals surface area (Å²) in [6, 6.07) is 5.33. The van der Waals surface area contributed by atoms with E-state index in [1.807, 2.05) is 13.8 Å². The van der Waals surface area contributed by atoms with Gasteiger partial charge in [0.15, 0.2) is 11.5 Å². The Morgan fingerprint density at radius 1 is 1.24 bits per heavy atom. The van der Waals surface area contributed by atoms with E-state index < -0.39 is 0 Å². The number of anilines is 1. The summed E-state index contributed by atoms with van der Waals surface area (Å²) in [4.78, 5) is 12.1. The van der Waals surface area contributed by atoms with Crippen molar-refractivity contribution in [1.82, 2.24) is 10.2 Å². The standard InChI is InChI=1S/C17H21N3O4S/c1-3-22-13-8-7-12(9-14(13)23-4-2)18-15(21)10-25-17-20-19-16(24-17)11-5-6-11/h7-9,11H,3-6,10H2,1-2H3,(H,18,21). The lowest BCUT2D eigenvalue weighted by atomic mass is 10.2. The average molecular weight is 363 g/mol. The molecule has 25 heavy (non-hydrogen) atoms. The second kappa shape index (κ2) is 8.24. The fourth-order valence-corrected chi connectivity index (χ4v) is 2.80. The molecule has 0 unspecified atom stereocenters. The van der Waals surface area contributed by atoms with Gasteiger partial charge in [-0.05, 0) is 38.8 Å². The molecule has 1 fully saturated rings. The summed E-state index contributed by atoms with van der Waals surface area (Å²) in [5, 5.41) is 11.2. The van der Waals surface area contributed by atoms with Crippen LogP contribution in [-0.4, -0.2) is 35.1 Å². The monoisotopic (exact) mass is 363 g/mol. The smallest absolute Gasteiger partial charge is 0.277 e. The number of carbonyl (C=O) groups excluding carboxylic acids is 1. The highest BCUT2D eigenvalue weighted by atomic mass is 32.2. The highest BCUT2D eigenvalue weighted by Crippen LogP contribution is 2.39. The van der Waals surface area contributed by atoms with Crippen LogP contribution in [0.4, 0.5) is 5.69 Å². The molecule has 134 valence electrons. The maximum absolute atomic E-state index is 12.1. The summed E-state index contributed by atoms with van der Waals surface area (Å²) in [6.07, 6.45) is 2.21. The van der Waals surface area contributed by atoms with Crippen LogP contribution in [0.2, 0.25) is 0 Å². The van der Waals surface area contributed by atoms with Crippen molar-refractivity contribution >= 4 is 23.4 Å². The van der Waals surface area contributed by atoms with Crippen LogP contribution in [0.5, 0.6) is 11.5 Å². The molecule has 0 bridgehead atoms. The second-order valence-electron chi connectivity index (χ2n) is 5.54. The van der Waals surface area contributed by atoms with Gasteiger partial charge in [0.05, 0.1) is 19.0 Å². The number of benzene rings is 1. The molecule has 1 aromatic heterocycles. The van der Waals surface area contributed by atoms with Gasteiger partial charge in [0.1, 0.15) is 0 Å². The lowest BCUT2D eigenvalue weighted by molar-refractivity contribution is -0.113. The highest BCUT2D eigenvalue weighted by Gasteiger charge is 2.29. The van der Waals surface area contributed by atoms with Crippen LogP contribution in [0, 0.1) is 0 Å². The van der Waals surface area contributed by atoms with Gasteiger partial charge in [0.25, 0.3) is 5.22 Å². The van der Waals surface area contributed by atoms with Crippen LogP contribution < -0.4 is 14.8 Å². The molecule has 1 aromatic carbocycles. The maximum atomic E-state index is 12.1. The van der Waals surface area contributed by atoms with Gasteiger partial charge < -0.3 is 19.2 Å². The third-order valence-corrected chi connectivity index (χ3v) is 4.32. The zero-order valence-electron chi connectivity index (χ0n) is 14.3. The normalized spacial score (nSPS) is 13.5. The van der Waals surface area contributed by atoms with Crippen molar-refractivity contribution in [1.29, 1.82) is 0 Å². The second-order valence-corrected chi connectivity index (χ2v) is 6.47. The molecule has 1 saturated carbocycles. The Kier molecular flexibility index (Phi) is 5.80. The SMILES string of the molecule is CCOc1ccc(NC(=O)CSc2nnc(C3CC3)o2)cc1OCC. The molecule has 1 aliphatic carbocycles. The zero-order valence-corrected chi connectivity index (χ0v) is 15.1. The van der Waals surface area contributed by atoms with E-state index >= 15 is 0 Å². The summed E-state index contributed by atoms with van der Waals surface area (Å²) in [6.45, 7) is 4.88. The molecule has 7 nitrogen and oxygen atoms in total. The molecule has 1 amide bonds. The number of hydrogen-bond acceptors (Lipinski definition) is 7. The number of nitrogens with zero attached hydrogens (tertiary/aromatic N) is 2. The molecule has 0 radical (unpaired) electrons. The lowest BCUT2D eigenvalue weighted by Crippen LogP contribution is -2.14. The summed E-state index contributed by atoms with van der Waals surface area (Å²) >= 11 is 1.23. The molecule has 2 aromatic rings. The van der Waals surface area contributed by atoms with E-state index in [2.05, 4.69) is 15.5 Å². The predicted octanol–water partition coefficient (Wildman–Crippen LogP) is 3.48. The van der Waals surface area contributed by atoms with Gasteiger partial charge in [-0.15, -0.1) is 10.2 Å². The highest BCUT2D eigenvalue weighted by molar-refractivity contribution is 7.99. The molecule has 0 spiro atoms. The quantitative estimate of drug-likeness (QED) is 0.683. The Morgan fingerprint density at radius 3 is 2.72 bits per heavy atom. The van der Waals surface area contributed by atoms with E-state index in [0.29, 0.717) is 47.4 Å². The van der Waals surface area contributed by atoms with Crippen LogP contribution in [0.25, 0.3) is 0 Å². The fourth-order valence-electron chi connectivity index (χ4n) is 2.23. The Morgan fingerprint density at radius 2 is 2.00 bits per heavy atom. The molecule has 1 aliphatic rings. The first kappa shape index (κ1) is 17.6. The lowest BCUT2D eigenvalue weighted by Gasteiger charge is -2.12. The topological polar surface area (TPSA) is 86.5 Å². The minimum Gasteiger partial charge on any atom is -0.490 e. The number of nitrogens with one attached hydrogen (secondary N) is 1.